The van der Waals surface area contributed by atoms with Gasteiger partial charge in [-0.15, -0.1) is 0 Å². The van der Waals surface area contributed by atoms with E-state index in [0.717, 1.165) is 58.1 Å². The van der Waals surface area contributed by atoms with Gasteiger partial charge < -0.3 is 10.2 Å². The smallest absolute Gasteiger partial charge is 0.264 e. The molecule has 11 heteroatoms. The molecule has 246 valence electrons. The van der Waals surface area contributed by atoms with Gasteiger partial charge in [-0.1, -0.05) is 107 Å². The molecule has 4 aromatic rings. The van der Waals surface area contributed by atoms with E-state index in [9.17, 15) is 22.4 Å². The number of hydrogen-bond donors (Lipinski definition) is 1. The first-order valence-corrected chi connectivity index (χ1v) is 18.1. The molecular formula is C36H36BrClFN3O4S. The van der Waals surface area contributed by atoms with Crippen LogP contribution in [0.5, 0.6) is 0 Å². The third kappa shape index (κ3) is 9.00. The van der Waals surface area contributed by atoms with E-state index in [-0.39, 0.29) is 40.5 Å². The number of benzene rings is 4. The van der Waals surface area contributed by atoms with Gasteiger partial charge in [0, 0.05) is 23.5 Å². The van der Waals surface area contributed by atoms with E-state index in [1.807, 2.05) is 54.6 Å². The van der Waals surface area contributed by atoms with Gasteiger partial charge >= 0.3 is 0 Å². The van der Waals surface area contributed by atoms with Crippen molar-refractivity contribution in [3.8, 4) is 0 Å². The molecule has 0 spiro atoms. The lowest BCUT2D eigenvalue weighted by Crippen LogP contribution is -2.55. The quantitative estimate of drug-likeness (QED) is 0.163. The number of nitrogens with one attached hydrogen (secondary N) is 1. The number of nitrogens with zero attached hydrogens (tertiary/aromatic N) is 2. The molecular weight excluding hydrogens is 705 g/mol. The maximum atomic E-state index is 14.6. The summed E-state index contributed by atoms with van der Waals surface area (Å²) in [5.41, 5.74) is 1.61. The topological polar surface area (TPSA) is 86.8 Å². The lowest BCUT2D eigenvalue weighted by molar-refractivity contribution is -0.140. The third-order valence-corrected chi connectivity index (χ3v) is 10.8. The number of anilines is 1. The maximum absolute atomic E-state index is 14.6. The Hall–Kier alpha value is -3.73. The van der Waals surface area contributed by atoms with E-state index in [0.29, 0.717) is 0 Å². The van der Waals surface area contributed by atoms with Gasteiger partial charge in [-0.25, -0.2) is 12.8 Å². The Morgan fingerprint density at radius 1 is 0.872 bits per heavy atom. The van der Waals surface area contributed by atoms with Gasteiger partial charge in [0.15, 0.2) is 0 Å². The van der Waals surface area contributed by atoms with E-state index in [1.54, 1.807) is 18.2 Å². The van der Waals surface area contributed by atoms with Crippen molar-refractivity contribution in [2.24, 2.45) is 0 Å². The number of sulfonamides is 1. The van der Waals surface area contributed by atoms with Crippen LogP contribution in [0, 0.1) is 5.82 Å². The van der Waals surface area contributed by atoms with Crippen LogP contribution in [0.25, 0.3) is 0 Å². The molecule has 0 aliphatic heterocycles. The Kier molecular flexibility index (Phi) is 11.7. The van der Waals surface area contributed by atoms with Gasteiger partial charge in [0.2, 0.25) is 11.8 Å². The fourth-order valence-corrected chi connectivity index (χ4v) is 7.87. The minimum Gasteiger partial charge on any atom is -0.352 e. The molecule has 1 aliphatic rings. The van der Waals surface area contributed by atoms with Crippen LogP contribution in [0.1, 0.15) is 43.2 Å². The first kappa shape index (κ1) is 34.6. The van der Waals surface area contributed by atoms with Gasteiger partial charge in [-0.05, 0) is 66.4 Å². The van der Waals surface area contributed by atoms with E-state index >= 15 is 0 Å². The van der Waals surface area contributed by atoms with Crippen LogP contribution in [0.2, 0.25) is 5.02 Å². The first-order valence-electron chi connectivity index (χ1n) is 15.5. The molecule has 0 radical (unpaired) electrons. The number of halogens is 3. The van der Waals surface area contributed by atoms with Crippen LogP contribution in [0.4, 0.5) is 10.1 Å². The van der Waals surface area contributed by atoms with Crippen molar-refractivity contribution in [2.45, 2.75) is 62.0 Å². The van der Waals surface area contributed by atoms with Crippen LogP contribution in [-0.4, -0.2) is 43.8 Å². The minimum absolute atomic E-state index is 0.00587. The molecule has 47 heavy (non-hydrogen) atoms. The number of carbonyl (C=O) groups is 2. The highest BCUT2D eigenvalue weighted by Crippen LogP contribution is 2.29. The SMILES string of the molecule is O=C(NC1CCCCC1)C(Cc1ccccc1)N(Cc1cccc(Br)c1)C(=O)CN(c1ccc(F)c(Cl)c1)S(=O)(=O)c1ccccc1. The molecule has 1 fully saturated rings. The largest absolute Gasteiger partial charge is 0.352 e. The Morgan fingerprint density at radius 3 is 2.19 bits per heavy atom. The predicted molar refractivity (Wildman–Crippen MR) is 186 cm³/mol. The molecule has 1 unspecified atom stereocenters. The summed E-state index contributed by atoms with van der Waals surface area (Å²) in [5.74, 6) is -1.63. The second kappa shape index (κ2) is 15.9. The van der Waals surface area contributed by atoms with Crippen molar-refractivity contribution < 1.29 is 22.4 Å². The van der Waals surface area contributed by atoms with Gasteiger partial charge in [0.1, 0.15) is 18.4 Å². The van der Waals surface area contributed by atoms with Crippen molar-refractivity contribution in [3.63, 3.8) is 0 Å². The zero-order valence-corrected chi connectivity index (χ0v) is 28.9. The molecule has 2 amide bonds. The molecule has 0 aromatic heterocycles. The number of amides is 2. The van der Waals surface area contributed by atoms with Crippen LogP contribution in [0.3, 0.4) is 0 Å². The highest BCUT2D eigenvalue weighted by Gasteiger charge is 2.35. The monoisotopic (exact) mass is 739 g/mol. The summed E-state index contributed by atoms with van der Waals surface area (Å²) in [7, 11) is -4.32. The Morgan fingerprint density at radius 2 is 1.53 bits per heavy atom. The van der Waals surface area contributed by atoms with Crippen LogP contribution < -0.4 is 9.62 Å². The van der Waals surface area contributed by atoms with Gasteiger partial charge in [-0.3, -0.25) is 13.9 Å². The molecule has 1 atom stereocenters. The van der Waals surface area contributed by atoms with E-state index in [4.69, 9.17) is 11.6 Å². The van der Waals surface area contributed by atoms with Gasteiger partial charge in [0.05, 0.1) is 15.6 Å². The molecule has 1 aliphatic carbocycles. The second-order valence-electron chi connectivity index (χ2n) is 11.6. The zero-order chi connectivity index (χ0) is 33.4. The van der Waals surface area contributed by atoms with Crippen molar-refractivity contribution >= 4 is 55.1 Å². The predicted octanol–water partition coefficient (Wildman–Crippen LogP) is 7.53. The third-order valence-electron chi connectivity index (χ3n) is 8.27. The van der Waals surface area contributed by atoms with E-state index < -0.39 is 34.3 Å². The van der Waals surface area contributed by atoms with Crippen molar-refractivity contribution in [2.75, 3.05) is 10.8 Å². The average molecular weight is 741 g/mol. The van der Waals surface area contributed by atoms with Gasteiger partial charge in [-0.2, -0.15) is 0 Å². The summed E-state index contributed by atoms with van der Waals surface area (Å²) in [4.78, 5) is 30.2. The molecule has 0 saturated heterocycles. The molecule has 0 bridgehead atoms. The summed E-state index contributed by atoms with van der Waals surface area (Å²) < 4.78 is 44.1. The normalized spacial score (nSPS) is 14.3. The lowest BCUT2D eigenvalue weighted by atomic mass is 9.94. The highest BCUT2D eigenvalue weighted by molar-refractivity contribution is 9.10. The van der Waals surface area contributed by atoms with Crippen molar-refractivity contribution in [1.82, 2.24) is 10.2 Å². The van der Waals surface area contributed by atoms with Crippen molar-refractivity contribution in [1.29, 1.82) is 0 Å². The Bertz CT molecular complexity index is 1790. The summed E-state index contributed by atoms with van der Waals surface area (Å²) >= 11 is 9.60. The second-order valence-corrected chi connectivity index (χ2v) is 14.8. The van der Waals surface area contributed by atoms with E-state index in [1.165, 1.54) is 29.2 Å². The molecule has 5 rings (SSSR count). The Labute approximate surface area is 288 Å². The summed E-state index contributed by atoms with van der Waals surface area (Å²) in [6.07, 6.45) is 5.08. The first-order chi connectivity index (χ1) is 22.6. The fourth-order valence-electron chi connectivity index (χ4n) is 5.82. The lowest BCUT2D eigenvalue weighted by Gasteiger charge is -2.35. The summed E-state index contributed by atoms with van der Waals surface area (Å²) in [6.45, 7) is -0.619. The summed E-state index contributed by atoms with van der Waals surface area (Å²) in [6, 6.07) is 27.1. The molecule has 4 aromatic carbocycles. The van der Waals surface area contributed by atoms with Crippen LogP contribution in [0.15, 0.2) is 112 Å². The average Bonchev–Trinajstić information content (AvgIpc) is 3.07. The minimum atomic E-state index is -4.32. The number of rotatable bonds is 12. The zero-order valence-electron chi connectivity index (χ0n) is 25.7. The van der Waals surface area contributed by atoms with Gasteiger partial charge in [0.25, 0.3) is 10.0 Å². The Balaban J connectivity index is 1.57. The number of hydrogen-bond acceptors (Lipinski definition) is 4. The molecule has 1 N–H and O–H groups in total. The molecule has 1 saturated carbocycles. The highest BCUT2D eigenvalue weighted by atomic mass is 79.9. The fraction of sp³-hybridized carbons (Fsp3) is 0.278. The van der Waals surface area contributed by atoms with Crippen molar-refractivity contribution in [3.05, 3.63) is 130 Å². The summed E-state index contributed by atoms with van der Waals surface area (Å²) in [5, 5.41) is 2.90. The number of carbonyl (C=O) groups excluding carboxylic acids is 2. The van der Waals surface area contributed by atoms with Crippen LogP contribution in [-0.2, 0) is 32.6 Å². The molecule has 7 nitrogen and oxygen atoms in total. The molecule has 0 heterocycles. The van der Waals surface area contributed by atoms with E-state index in [2.05, 4.69) is 21.2 Å². The maximum Gasteiger partial charge on any atom is 0.264 e. The standard InChI is InChI=1S/C36H36BrClFN3O4S/c37-28-14-10-13-27(21-28)24-41(34(22-26-11-4-1-5-12-26)36(44)40-29-15-6-2-7-16-29)35(43)25-42(30-19-20-33(39)32(38)23-30)47(45,46)31-17-8-3-9-18-31/h1,3-5,8-14,17-21,23,29,34H,2,6-7,15-16,22,24-25H2,(H,40,44). The van der Waals surface area contributed by atoms with Crippen LogP contribution >= 0.6 is 27.5 Å².